The van der Waals surface area contributed by atoms with Crippen LogP contribution in [-0.2, 0) is 13.5 Å². The van der Waals surface area contributed by atoms with E-state index in [4.69, 9.17) is 5.73 Å². The summed E-state index contributed by atoms with van der Waals surface area (Å²) in [6.45, 7) is 1.99. The van der Waals surface area contributed by atoms with Gasteiger partial charge in [-0.1, -0.05) is 0 Å². The zero-order chi connectivity index (χ0) is 16.7. The Labute approximate surface area is 143 Å². The molecule has 1 atom stereocenters. The lowest BCUT2D eigenvalue weighted by atomic mass is 10.1. The molecule has 8 heteroatoms. The average Bonchev–Trinajstić information content (AvgIpc) is 3.26. The van der Waals surface area contributed by atoms with Gasteiger partial charge in [-0.3, -0.25) is 14.1 Å². The molecule has 24 heavy (non-hydrogen) atoms. The molecule has 0 saturated heterocycles. The number of nitrogens with zero attached hydrogens (tertiary/aromatic N) is 6. The van der Waals surface area contributed by atoms with Gasteiger partial charge < -0.3 is 5.73 Å². The summed E-state index contributed by atoms with van der Waals surface area (Å²) in [5.41, 5.74) is 11.0. The third-order valence-electron chi connectivity index (χ3n) is 3.91. The van der Waals surface area contributed by atoms with E-state index in [9.17, 15) is 0 Å². The van der Waals surface area contributed by atoms with Crippen molar-refractivity contribution in [3.8, 4) is 11.3 Å². The Hall–Kier alpha value is -2.58. The van der Waals surface area contributed by atoms with E-state index in [0.717, 1.165) is 33.2 Å². The number of fused-ring (bicyclic) bond motifs is 1. The maximum atomic E-state index is 6.40. The average molecular weight is 339 g/mol. The molecule has 2 N–H and O–H groups in total. The van der Waals surface area contributed by atoms with E-state index in [2.05, 4.69) is 25.5 Å². The summed E-state index contributed by atoms with van der Waals surface area (Å²) in [7, 11) is 1.90. The third kappa shape index (κ3) is 2.59. The fourth-order valence-electron chi connectivity index (χ4n) is 2.79. The number of imidazole rings is 1. The molecule has 0 amide bonds. The van der Waals surface area contributed by atoms with E-state index in [1.807, 2.05) is 43.2 Å². The molecule has 0 aliphatic rings. The lowest BCUT2D eigenvalue weighted by Gasteiger charge is -2.11. The second-order valence-corrected chi connectivity index (χ2v) is 6.69. The number of aromatic nitrogens is 6. The minimum absolute atomic E-state index is 0.224. The van der Waals surface area contributed by atoms with Crippen LogP contribution in [0.3, 0.4) is 0 Å². The molecule has 4 aromatic heterocycles. The summed E-state index contributed by atoms with van der Waals surface area (Å²) >= 11 is 1.49. The smallest absolute Gasteiger partial charge is 0.160 e. The van der Waals surface area contributed by atoms with Gasteiger partial charge in [-0.25, -0.2) is 4.98 Å². The van der Waals surface area contributed by atoms with Gasteiger partial charge in [0.2, 0.25) is 0 Å². The molecule has 0 bridgehead atoms. The summed E-state index contributed by atoms with van der Waals surface area (Å²) < 4.78 is 8.09. The largest absolute Gasteiger partial charge is 0.322 e. The predicted molar refractivity (Wildman–Crippen MR) is 92.7 cm³/mol. The maximum absolute atomic E-state index is 6.40. The number of aryl methyl sites for hydroxylation is 2. The molecule has 0 saturated carbocycles. The van der Waals surface area contributed by atoms with Gasteiger partial charge in [-0.15, -0.1) is 0 Å². The van der Waals surface area contributed by atoms with Crippen LogP contribution in [0.4, 0.5) is 0 Å². The Morgan fingerprint density at radius 3 is 2.88 bits per heavy atom. The number of nitrogens with two attached hydrogens (primary N) is 1. The Morgan fingerprint density at radius 1 is 1.29 bits per heavy atom. The predicted octanol–water partition coefficient (Wildman–Crippen LogP) is 2.14. The highest BCUT2D eigenvalue weighted by atomic mass is 32.1. The lowest BCUT2D eigenvalue weighted by molar-refractivity contribution is 0.703. The summed E-state index contributed by atoms with van der Waals surface area (Å²) in [6.07, 6.45) is 9.99. The summed E-state index contributed by atoms with van der Waals surface area (Å²) in [5, 5.41) is 4.22. The normalized spacial score (nSPS) is 12.8. The van der Waals surface area contributed by atoms with Gasteiger partial charge in [0.25, 0.3) is 0 Å². The van der Waals surface area contributed by atoms with Crippen LogP contribution in [0.25, 0.3) is 16.9 Å². The van der Waals surface area contributed by atoms with Crippen molar-refractivity contribution in [2.45, 2.75) is 19.4 Å². The van der Waals surface area contributed by atoms with Gasteiger partial charge in [0, 0.05) is 42.5 Å². The molecule has 122 valence electrons. The molecule has 0 radical (unpaired) electrons. The summed E-state index contributed by atoms with van der Waals surface area (Å²) in [5.74, 6) is 0. The first-order chi connectivity index (χ1) is 11.6. The van der Waals surface area contributed by atoms with Crippen LogP contribution >= 0.6 is 11.5 Å². The fourth-order valence-corrected chi connectivity index (χ4v) is 3.59. The van der Waals surface area contributed by atoms with Crippen LogP contribution in [0, 0.1) is 6.92 Å². The van der Waals surface area contributed by atoms with Crippen LogP contribution in [0.2, 0.25) is 0 Å². The molecule has 0 spiro atoms. The molecule has 4 heterocycles. The molecule has 0 aliphatic heterocycles. The quantitative estimate of drug-likeness (QED) is 0.615. The second kappa shape index (κ2) is 5.81. The van der Waals surface area contributed by atoms with E-state index in [0.29, 0.717) is 6.42 Å². The number of hydrogen-bond donors (Lipinski definition) is 1. The maximum Gasteiger partial charge on any atom is 0.160 e. The molecule has 0 aromatic carbocycles. The van der Waals surface area contributed by atoms with Gasteiger partial charge in [-0.2, -0.15) is 9.47 Å². The lowest BCUT2D eigenvalue weighted by Crippen LogP contribution is -2.16. The van der Waals surface area contributed by atoms with Crippen molar-refractivity contribution in [1.29, 1.82) is 0 Å². The van der Waals surface area contributed by atoms with Crippen molar-refractivity contribution in [1.82, 2.24) is 28.5 Å². The van der Waals surface area contributed by atoms with Crippen LogP contribution in [0.5, 0.6) is 0 Å². The van der Waals surface area contributed by atoms with Crippen molar-refractivity contribution in [3.63, 3.8) is 0 Å². The molecule has 4 rings (SSSR count). The molecule has 7 nitrogen and oxygen atoms in total. The van der Waals surface area contributed by atoms with E-state index >= 15 is 0 Å². The van der Waals surface area contributed by atoms with Gasteiger partial charge in [-0.05, 0) is 24.5 Å². The number of hydrogen-bond acceptors (Lipinski definition) is 6. The summed E-state index contributed by atoms with van der Waals surface area (Å²) in [4.78, 5) is 10.2. The summed E-state index contributed by atoms with van der Waals surface area (Å²) in [6, 6.07) is 1.84. The zero-order valence-corrected chi connectivity index (χ0v) is 14.2. The van der Waals surface area contributed by atoms with Crippen LogP contribution in [0.15, 0.2) is 37.1 Å². The molecule has 0 aliphatic carbocycles. The van der Waals surface area contributed by atoms with Gasteiger partial charge in [0.05, 0.1) is 29.8 Å². The fraction of sp³-hybridized carbons (Fsp3) is 0.250. The minimum Gasteiger partial charge on any atom is -0.322 e. The Kier molecular flexibility index (Phi) is 3.62. The topological polar surface area (TPSA) is 86.9 Å². The van der Waals surface area contributed by atoms with Gasteiger partial charge in [0.1, 0.15) is 5.69 Å². The standard InChI is InChI=1S/C16H17N7S/c1-10-5-12(24-21-10)6-13(17)15-16-19-8-14(23(16)4-3-18-15)11-7-20-22(2)9-11/h3-5,7-9,13H,6,17H2,1-2H3. The molecular weight excluding hydrogens is 322 g/mol. The van der Waals surface area contributed by atoms with Crippen molar-refractivity contribution < 1.29 is 0 Å². The number of rotatable bonds is 4. The molecule has 1 unspecified atom stereocenters. The highest BCUT2D eigenvalue weighted by Crippen LogP contribution is 2.25. The first-order valence-electron chi connectivity index (χ1n) is 7.60. The first-order valence-corrected chi connectivity index (χ1v) is 8.38. The van der Waals surface area contributed by atoms with Crippen molar-refractivity contribution in [3.05, 3.63) is 53.3 Å². The van der Waals surface area contributed by atoms with E-state index in [1.165, 1.54) is 11.5 Å². The molecular formula is C16H17N7S. The van der Waals surface area contributed by atoms with Gasteiger partial charge >= 0.3 is 0 Å². The van der Waals surface area contributed by atoms with Crippen molar-refractivity contribution in [2.75, 3.05) is 0 Å². The highest BCUT2D eigenvalue weighted by molar-refractivity contribution is 7.05. The minimum atomic E-state index is -0.224. The third-order valence-corrected chi connectivity index (χ3v) is 4.80. The Bertz CT molecular complexity index is 997. The van der Waals surface area contributed by atoms with E-state index < -0.39 is 0 Å². The van der Waals surface area contributed by atoms with Gasteiger partial charge in [0.15, 0.2) is 5.65 Å². The van der Waals surface area contributed by atoms with Crippen LogP contribution in [-0.4, -0.2) is 28.5 Å². The highest BCUT2D eigenvalue weighted by Gasteiger charge is 2.17. The van der Waals surface area contributed by atoms with Crippen molar-refractivity contribution in [2.24, 2.45) is 12.8 Å². The zero-order valence-electron chi connectivity index (χ0n) is 13.4. The SMILES string of the molecule is Cc1cc(CC(N)c2nccn3c(-c4cnn(C)c4)cnc23)sn1. The van der Waals surface area contributed by atoms with Crippen molar-refractivity contribution >= 4 is 17.2 Å². The Balaban J connectivity index is 1.72. The van der Waals surface area contributed by atoms with E-state index in [1.54, 1.807) is 10.9 Å². The molecule has 0 fully saturated rings. The van der Waals surface area contributed by atoms with E-state index in [-0.39, 0.29) is 6.04 Å². The Morgan fingerprint density at radius 2 is 2.17 bits per heavy atom. The monoisotopic (exact) mass is 339 g/mol. The van der Waals surface area contributed by atoms with Crippen LogP contribution in [0.1, 0.15) is 22.3 Å². The first kappa shape index (κ1) is 15.0. The molecule has 4 aromatic rings. The van der Waals surface area contributed by atoms with Crippen LogP contribution < -0.4 is 5.73 Å². The second-order valence-electron chi connectivity index (χ2n) is 5.80.